The van der Waals surface area contributed by atoms with Crippen LogP contribution in [0.15, 0.2) is 36.4 Å². The number of halogens is 1. The highest BCUT2D eigenvalue weighted by Gasteiger charge is 2.24. The fraction of sp³-hybridized carbons (Fsp3) is 0.353. The molecule has 1 fully saturated rings. The third kappa shape index (κ3) is 2.83. The number of aromatic nitrogens is 4. The van der Waals surface area contributed by atoms with E-state index in [0.717, 1.165) is 47.3 Å². The van der Waals surface area contributed by atoms with Crippen molar-refractivity contribution < 1.29 is 4.74 Å². The standard InChI is InChI=1S/C17H18ClN5O/c1-22(11-12-5-2-3-6-13(12)18)16-9-8-15-19-20-17(23(15)21-16)14-7-4-10-24-14/h2-3,5-6,8-9,14H,4,7,10-11H2,1H3/t14-/m1/s1. The summed E-state index contributed by atoms with van der Waals surface area (Å²) in [6.45, 7) is 1.45. The summed E-state index contributed by atoms with van der Waals surface area (Å²) in [6.07, 6.45) is 1.99. The normalized spacial score (nSPS) is 17.5. The highest BCUT2D eigenvalue weighted by molar-refractivity contribution is 6.31. The summed E-state index contributed by atoms with van der Waals surface area (Å²) in [5.74, 6) is 1.61. The van der Waals surface area contributed by atoms with E-state index >= 15 is 0 Å². The Morgan fingerprint density at radius 3 is 2.92 bits per heavy atom. The largest absolute Gasteiger partial charge is 0.370 e. The fourth-order valence-corrected chi connectivity index (χ4v) is 3.14. The van der Waals surface area contributed by atoms with Gasteiger partial charge in [-0.15, -0.1) is 15.3 Å². The van der Waals surface area contributed by atoms with Gasteiger partial charge in [-0.25, -0.2) is 0 Å². The van der Waals surface area contributed by atoms with Crippen molar-refractivity contribution in [3.63, 3.8) is 0 Å². The smallest absolute Gasteiger partial charge is 0.183 e. The van der Waals surface area contributed by atoms with Crippen molar-refractivity contribution in [3.8, 4) is 0 Å². The molecule has 0 radical (unpaired) electrons. The number of fused-ring (bicyclic) bond motifs is 1. The molecule has 0 spiro atoms. The van der Waals surface area contributed by atoms with Crippen molar-refractivity contribution >= 4 is 23.1 Å². The minimum atomic E-state index is -0.0170. The highest BCUT2D eigenvalue weighted by Crippen LogP contribution is 2.27. The summed E-state index contributed by atoms with van der Waals surface area (Å²) in [4.78, 5) is 2.06. The maximum Gasteiger partial charge on any atom is 0.183 e. The molecule has 0 aliphatic carbocycles. The summed E-state index contributed by atoms with van der Waals surface area (Å²) in [5.41, 5.74) is 1.79. The summed E-state index contributed by atoms with van der Waals surface area (Å²) < 4.78 is 7.51. The minimum Gasteiger partial charge on any atom is -0.370 e. The number of rotatable bonds is 4. The van der Waals surface area contributed by atoms with E-state index < -0.39 is 0 Å². The van der Waals surface area contributed by atoms with Crippen LogP contribution in [0.25, 0.3) is 5.65 Å². The van der Waals surface area contributed by atoms with E-state index in [9.17, 15) is 0 Å². The second-order valence-electron chi connectivity index (χ2n) is 5.97. The van der Waals surface area contributed by atoms with Crippen molar-refractivity contribution in [2.75, 3.05) is 18.6 Å². The van der Waals surface area contributed by atoms with Crippen molar-refractivity contribution in [2.45, 2.75) is 25.5 Å². The van der Waals surface area contributed by atoms with Crippen LogP contribution >= 0.6 is 11.6 Å². The van der Waals surface area contributed by atoms with Crippen LogP contribution < -0.4 is 4.90 Å². The summed E-state index contributed by atoms with van der Waals surface area (Å²) in [5, 5.41) is 13.9. The van der Waals surface area contributed by atoms with Gasteiger partial charge in [-0.2, -0.15) is 4.52 Å². The second-order valence-corrected chi connectivity index (χ2v) is 6.38. The highest BCUT2D eigenvalue weighted by atomic mass is 35.5. The zero-order valence-corrected chi connectivity index (χ0v) is 14.1. The van der Waals surface area contributed by atoms with E-state index in [0.29, 0.717) is 6.54 Å². The van der Waals surface area contributed by atoms with E-state index in [1.807, 2.05) is 43.4 Å². The molecule has 4 rings (SSSR count). The average Bonchev–Trinajstić information content (AvgIpc) is 3.25. The number of hydrogen-bond donors (Lipinski definition) is 0. The molecule has 124 valence electrons. The number of hydrogen-bond acceptors (Lipinski definition) is 5. The molecule has 0 N–H and O–H groups in total. The van der Waals surface area contributed by atoms with Gasteiger partial charge in [0.2, 0.25) is 0 Å². The Kier molecular flexibility index (Phi) is 4.08. The zero-order valence-electron chi connectivity index (χ0n) is 13.4. The maximum absolute atomic E-state index is 6.26. The van der Waals surface area contributed by atoms with Crippen LogP contribution in [0, 0.1) is 0 Å². The molecule has 1 aliphatic rings. The SMILES string of the molecule is CN(Cc1ccccc1Cl)c1ccc2nnc([C@H]3CCCO3)n2n1. The molecule has 6 nitrogen and oxygen atoms in total. The van der Waals surface area contributed by atoms with Gasteiger partial charge in [0.1, 0.15) is 11.9 Å². The zero-order chi connectivity index (χ0) is 16.5. The Balaban J connectivity index is 1.64. The Bertz CT molecular complexity index is 859. The number of anilines is 1. The molecule has 1 aromatic carbocycles. The van der Waals surface area contributed by atoms with Gasteiger partial charge in [0.05, 0.1) is 0 Å². The molecule has 1 atom stereocenters. The Morgan fingerprint density at radius 1 is 1.25 bits per heavy atom. The first-order valence-corrected chi connectivity index (χ1v) is 8.38. The summed E-state index contributed by atoms with van der Waals surface area (Å²) in [7, 11) is 1.99. The van der Waals surface area contributed by atoms with Gasteiger partial charge in [0.25, 0.3) is 0 Å². The van der Waals surface area contributed by atoms with Crippen LogP contribution in [0.1, 0.15) is 30.3 Å². The van der Waals surface area contributed by atoms with Crippen molar-refractivity contribution in [2.24, 2.45) is 0 Å². The summed E-state index contributed by atoms with van der Waals surface area (Å²) in [6, 6.07) is 11.7. The van der Waals surface area contributed by atoms with Crippen molar-refractivity contribution in [1.29, 1.82) is 0 Å². The predicted octanol–water partition coefficient (Wildman–Crippen LogP) is 3.27. The predicted molar refractivity (Wildman–Crippen MR) is 92.3 cm³/mol. The Labute approximate surface area is 145 Å². The quantitative estimate of drug-likeness (QED) is 0.727. The Morgan fingerprint density at radius 2 is 2.12 bits per heavy atom. The number of benzene rings is 1. The van der Waals surface area contributed by atoms with E-state index in [4.69, 9.17) is 21.4 Å². The van der Waals surface area contributed by atoms with Gasteiger partial charge >= 0.3 is 0 Å². The lowest BCUT2D eigenvalue weighted by atomic mass is 10.2. The molecule has 0 saturated carbocycles. The third-order valence-electron chi connectivity index (χ3n) is 4.25. The van der Waals surface area contributed by atoms with Crippen molar-refractivity contribution in [3.05, 3.63) is 52.8 Å². The molecular formula is C17H18ClN5O. The topological polar surface area (TPSA) is 55.5 Å². The molecule has 3 heterocycles. The average molecular weight is 344 g/mol. The van der Waals surface area contributed by atoms with Crippen LogP contribution in [0.3, 0.4) is 0 Å². The van der Waals surface area contributed by atoms with Crippen LogP contribution in [-0.2, 0) is 11.3 Å². The van der Waals surface area contributed by atoms with Crippen LogP contribution in [0.5, 0.6) is 0 Å². The molecular weight excluding hydrogens is 326 g/mol. The Hall–Kier alpha value is -2.18. The third-order valence-corrected chi connectivity index (χ3v) is 4.62. The van der Waals surface area contributed by atoms with Crippen molar-refractivity contribution in [1.82, 2.24) is 19.8 Å². The molecule has 0 amide bonds. The van der Waals surface area contributed by atoms with Crippen LogP contribution in [0.4, 0.5) is 5.82 Å². The van der Waals surface area contributed by atoms with Gasteiger partial charge in [-0.1, -0.05) is 29.8 Å². The van der Waals surface area contributed by atoms with Gasteiger partial charge in [-0.3, -0.25) is 0 Å². The van der Waals surface area contributed by atoms with Gasteiger partial charge < -0.3 is 9.64 Å². The maximum atomic E-state index is 6.26. The van der Waals surface area contributed by atoms with Gasteiger partial charge in [0, 0.05) is 25.2 Å². The number of ether oxygens (including phenoxy) is 1. The molecule has 7 heteroatoms. The molecule has 2 aromatic heterocycles. The molecule has 0 bridgehead atoms. The first-order valence-electron chi connectivity index (χ1n) is 8.01. The van der Waals surface area contributed by atoms with Gasteiger partial charge in [0.15, 0.2) is 11.5 Å². The van der Waals surface area contributed by atoms with E-state index in [2.05, 4.69) is 15.1 Å². The minimum absolute atomic E-state index is 0.0170. The lowest BCUT2D eigenvalue weighted by Gasteiger charge is -2.19. The first-order chi connectivity index (χ1) is 11.7. The van der Waals surface area contributed by atoms with E-state index in [-0.39, 0.29) is 6.10 Å². The van der Waals surface area contributed by atoms with Gasteiger partial charge in [-0.05, 0) is 36.6 Å². The summed E-state index contributed by atoms with van der Waals surface area (Å²) >= 11 is 6.26. The molecule has 1 saturated heterocycles. The lowest BCUT2D eigenvalue weighted by Crippen LogP contribution is -2.19. The lowest BCUT2D eigenvalue weighted by molar-refractivity contribution is 0.103. The molecule has 0 unspecified atom stereocenters. The molecule has 24 heavy (non-hydrogen) atoms. The van der Waals surface area contributed by atoms with Crippen LogP contribution in [-0.4, -0.2) is 33.5 Å². The van der Waals surface area contributed by atoms with E-state index in [1.54, 1.807) is 4.52 Å². The molecule has 3 aromatic rings. The fourth-order valence-electron chi connectivity index (χ4n) is 2.94. The molecule has 1 aliphatic heterocycles. The number of nitrogens with zero attached hydrogens (tertiary/aromatic N) is 5. The second kappa shape index (κ2) is 6.37. The first kappa shape index (κ1) is 15.4. The van der Waals surface area contributed by atoms with Crippen LogP contribution in [0.2, 0.25) is 5.02 Å². The monoisotopic (exact) mass is 343 g/mol. The van der Waals surface area contributed by atoms with E-state index in [1.165, 1.54) is 0 Å².